The zero-order chi connectivity index (χ0) is 16.8. The predicted octanol–water partition coefficient (Wildman–Crippen LogP) is 3.96. The van der Waals surface area contributed by atoms with Gasteiger partial charge in [-0.3, -0.25) is 4.79 Å². The highest BCUT2D eigenvalue weighted by Gasteiger charge is 2.08. The Bertz CT molecular complexity index is 721. The van der Waals surface area contributed by atoms with Crippen LogP contribution in [0.5, 0.6) is 5.75 Å². The number of benzene rings is 2. The molecule has 4 nitrogen and oxygen atoms in total. The minimum Gasteiger partial charge on any atom is -0.506 e. The highest BCUT2D eigenvalue weighted by molar-refractivity contribution is 8.00. The van der Waals surface area contributed by atoms with Crippen LogP contribution in [0.15, 0.2) is 47.4 Å². The lowest BCUT2D eigenvalue weighted by Gasteiger charge is -2.11. The largest absolute Gasteiger partial charge is 0.506 e. The number of halogens is 1. The Balaban J connectivity index is 1.82. The summed E-state index contributed by atoms with van der Waals surface area (Å²) in [7, 11) is 0. The molecule has 0 saturated heterocycles. The van der Waals surface area contributed by atoms with E-state index in [9.17, 15) is 9.90 Å². The van der Waals surface area contributed by atoms with Crippen LogP contribution in [0.3, 0.4) is 0 Å². The average Bonchev–Trinajstić information content (AvgIpc) is 2.49. The van der Waals surface area contributed by atoms with Gasteiger partial charge in [0, 0.05) is 9.92 Å². The molecule has 0 radical (unpaired) electrons. The minimum atomic E-state index is -0.228. The lowest BCUT2D eigenvalue weighted by atomic mass is 10.2. The Morgan fingerprint density at radius 1 is 1.26 bits per heavy atom. The number of aromatic hydroxyl groups is 1. The number of anilines is 1. The van der Waals surface area contributed by atoms with Crippen molar-refractivity contribution in [3.63, 3.8) is 0 Å². The van der Waals surface area contributed by atoms with E-state index in [1.165, 1.54) is 11.8 Å². The summed E-state index contributed by atoms with van der Waals surface area (Å²) < 4.78 is 0. The van der Waals surface area contributed by atoms with Crippen molar-refractivity contribution >= 4 is 52.3 Å². The fourth-order valence-electron chi connectivity index (χ4n) is 1.74. The van der Waals surface area contributed by atoms with E-state index in [1.807, 2.05) is 25.1 Å². The van der Waals surface area contributed by atoms with Crippen molar-refractivity contribution < 1.29 is 9.90 Å². The first-order valence-electron chi connectivity index (χ1n) is 6.73. The summed E-state index contributed by atoms with van der Waals surface area (Å²) in [5.41, 5.74) is 1.38. The molecule has 0 heterocycles. The summed E-state index contributed by atoms with van der Waals surface area (Å²) in [6, 6.07) is 12.4. The summed E-state index contributed by atoms with van der Waals surface area (Å²) in [6.45, 7) is 1.87. The van der Waals surface area contributed by atoms with Crippen molar-refractivity contribution in [1.29, 1.82) is 0 Å². The van der Waals surface area contributed by atoms with Crippen molar-refractivity contribution in [2.24, 2.45) is 0 Å². The first kappa shape index (κ1) is 17.6. The van der Waals surface area contributed by atoms with Crippen molar-refractivity contribution in [1.82, 2.24) is 5.32 Å². The minimum absolute atomic E-state index is 0.0807. The molecule has 0 atom stereocenters. The molecule has 0 fully saturated rings. The Morgan fingerprint density at radius 3 is 2.61 bits per heavy atom. The number of amides is 1. The molecule has 0 aromatic heterocycles. The molecule has 0 aliphatic heterocycles. The topological polar surface area (TPSA) is 61.4 Å². The Morgan fingerprint density at radius 2 is 1.96 bits per heavy atom. The van der Waals surface area contributed by atoms with Gasteiger partial charge in [0.15, 0.2) is 5.11 Å². The molecular formula is C16H15ClN2O2S2. The van der Waals surface area contributed by atoms with Crippen molar-refractivity contribution in [2.75, 3.05) is 11.1 Å². The lowest BCUT2D eigenvalue weighted by Crippen LogP contribution is -2.35. The Hall–Kier alpha value is -1.76. The molecular weight excluding hydrogens is 352 g/mol. The summed E-state index contributed by atoms with van der Waals surface area (Å²) in [4.78, 5) is 12.8. The zero-order valence-corrected chi connectivity index (χ0v) is 14.7. The normalized spacial score (nSPS) is 10.2. The van der Waals surface area contributed by atoms with Gasteiger partial charge in [-0.05, 0) is 61.1 Å². The fraction of sp³-hybridized carbons (Fsp3) is 0.125. The Kier molecular flexibility index (Phi) is 6.27. The number of hydrogen-bond acceptors (Lipinski definition) is 4. The number of thiocarbonyl (C=S) groups is 1. The lowest BCUT2D eigenvalue weighted by molar-refractivity contribution is -0.117. The van der Waals surface area contributed by atoms with Crippen LogP contribution >= 0.6 is 35.6 Å². The molecule has 3 N–H and O–H groups in total. The van der Waals surface area contributed by atoms with E-state index in [0.29, 0.717) is 10.7 Å². The van der Waals surface area contributed by atoms with E-state index in [0.717, 1.165) is 10.5 Å². The number of rotatable bonds is 4. The molecule has 1 amide bonds. The van der Waals surface area contributed by atoms with Gasteiger partial charge in [0.05, 0.1) is 11.4 Å². The van der Waals surface area contributed by atoms with Crippen molar-refractivity contribution in [3.05, 3.63) is 53.1 Å². The summed E-state index contributed by atoms with van der Waals surface area (Å²) in [6.07, 6.45) is 0. The summed E-state index contributed by atoms with van der Waals surface area (Å²) in [5, 5.41) is 16.0. The number of carbonyl (C=O) groups is 1. The number of phenolic OH excluding ortho intramolecular Hbond substituents is 1. The molecule has 2 rings (SSSR count). The van der Waals surface area contributed by atoms with Crippen LogP contribution in [0, 0.1) is 6.92 Å². The third kappa shape index (κ3) is 5.74. The van der Waals surface area contributed by atoms with Crippen LogP contribution in [0.1, 0.15) is 5.56 Å². The molecule has 0 saturated carbocycles. The maximum absolute atomic E-state index is 11.9. The molecule has 120 valence electrons. The van der Waals surface area contributed by atoms with Crippen LogP contribution in [0.4, 0.5) is 5.69 Å². The van der Waals surface area contributed by atoms with E-state index in [1.54, 1.807) is 24.3 Å². The van der Waals surface area contributed by atoms with Gasteiger partial charge >= 0.3 is 0 Å². The van der Waals surface area contributed by atoms with Gasteiger partial charge in [0.2, 0.25) is 5.91 Å². The van der Waals surface area contributed by atoms with E-state index in [2.05, 4.69) is 10.6 Å². The van der Waals surface area contributed by atoms with E-state index in [-0.39, 0.29) is 22.5 Å². The van der Waals surface area contributed by atoms with E-state index in [4.69, 9.17) is 23.8 Å². The fourth-order valence-corrected chi connectivity index (χ4v) is 2.79. The monoisotopic (exact) mass is 366 g/mol. The molecule has 7 heteroatoms. The summed E-state index contributed by atoms with van der Waals surface area (Å²) in [5.74, 6) is 0.0785. The van der Waals surface area contributed by atoms with Gasteiger partial charge in [0.25, 0.3) is 0 Å². The van der Waals surface area contributed by atoms with Crippen LogP contribution in [-0.2, 0) is 4.79 Å². The smallest absolute Gasteiger partial charge is 0.236 e. The number of carbonyl (C=O) groups excluding carboxylic acids is 1. The second-order valence-electron chi connectivity index (χ2n) is 4.77. The standard InChI is InChI=1S/C16H15ClN2O2S2/c1-10-2-7-13(14(20)8-10)18-16(22)19-15(21)9-23-12-5-3-11(17)4-6-12/h2-8,20H,9H2,1H3,(H2,18,19,21,22). The quantitative estimate of drug-likeness (QED) is 0.434. The molecule has 0 unspecified atom stereocenters. The molecule has 0 bridgehead atoms. The van der Waals surface area contributed by atoms with E-state index >= 15 is 0 Å². The van der Waals surface area contributed by atoms with Gasteiger partial charge in [-0.15, -0.1) is 11.8 Å². The highest BCUT2D eigenvalue weighted by atomic mass is 35.5. The van der Waals surface area contributed by atoms with Crippen LogP contribution in [0.2, 0.25) is 5.02 Å². The van der Waals surface area contributed by atoms with Crippen LogP contribution in [0.25, 0.3) is 0 Å². The highest BCUT2D eigenvalue weighted by Crippen LogP contribution is 2.24. The van der Waals surface area contributed by atoms with Gasteiger partial charge in [-0.2, -0.15) is 0 Å². The molecule has 2 aromatic rings. The number of aryl methyl sites for hydroxylation is 1. The number of nitrogens with one attached hydrogen (secondary N) is 2. The average molecular weight is 367 g/mol. The third-order valence-corrected chi connectivity index (χ3v) is 4.31. The zero-order valence-electron chi connectivity index (χ0n) is 12.3. The molecule has 0 aliphatic rings. The molecule has 2 aromatic carbocycles. The second kappa shape index (κ2) is 8.19. The van der Waals surface area contributed by atoms with Gasteiger partial charge in [-0.25, -0.2) is 0 Å². The maximum atomic E-state index is 11.9. The van der Waals surface area contributed by atoms with E-state index < -0.39 is 0 Å². The number of phenols is 1. The maximum Gasteiger partial charge on any atom is 0.236 e. The Labute approximate surface area is 149 Å². The number of hydrogen-bond donors (Lipinski definition) is 3. The predicted molar refractivity (Wildman–Crippen MR) is 99.4 cm³/mol. The first-order chi connectivity index (χ1) is 10.9. The first-order valence-corrected chi connectivity index (χ1v) is 8.50. The van der Waals surface area contributed by atoms with Crippen LogP contribution in [-0.4, -0.2) is 21.9 Å². The van der Waals surface area contributed by atoms with Gasteiger partial charge in [-0.1, -0.05) is 17.7 Å². The third-order valence-electron chi connectivity index (χ3n) is 2.84. The van der Waals surface area contributed by atoms with Crippen molar-refractivity contribution in [2.45, 2.75) is 11.8 Å². The molecule has 23 heavy (non-hydrogen) atoms. The van der Waals surface area contributed by atoms with Crippen LogP contribution < -0.4 is 10.6 Å². The molecule has 0 spiro atoms. The summed E-state index contributed by atoms with van der Waals surface area (Å²) >= 11 is 12.3. The SMILES string of the molecule is Cc1ccc(NC(=S)NC(=O)CSc2ccc(Cl)cc2)c(O)c1. The second-order valence-corrected chi connectivity index (χ2v) is 6.66. The van der Waals surface area contributed by atoms with Gasteiger partial charge in [0.1, 0.15) is 5.75 Å². The van der Waals surface area contributed by atoms with Crippen molar-refractivity contribution in [3.8, 4) is 5.75 Å². The molecule has 0 aliphatic carbocycles. The number of thioether (sulfide) groups is 1. The van der Waals surface area contributed by atoms with Gasteiger partial charge < -0.3 is 15.7 Å².